The van der Waals surface area contributed by atoms with Crippen molar-refractivity contribution in [3.05, 3.63) is 24.3 Å². The molecule has 1 aromatic rings. The van der Waals surface area contributed by atoms with Crippen molar-refractivity contribution in [1.29, 1.82) is 0 Å². The van der Waals surface area contributed by atoms with E-state index < -0.39 is 0 Å². The van der Waals surface area contributed by atoms with Crippen molar-refractivity contribution in [3.8, 4) is 0 Å². The predicted octanol–water partition coefficient (Wildman–Crippen LogP) is 4.90. The van der Waals surface area contributed by atoms with Crippen LogP contribution in [0.1, 0.15) is 32.1 Å². The van der Waals surface area contributed by atoms with Gasteiger partial charge in [-0.2, -0.15) is 0 Å². The molecule has 0 bridgehead atoms. The summed E-state index contributed by atoms with van der Waals surface area (Å²) in [5.41, 5.74) is 0.788. The molecule has 2 N–H and O–H groups in total. The van der Waals surface area contributed by atoms with Crippen molar-refractivity contribution in [2.75, 3.05) is 11.1 Å². The largest absolute Gasteiger partial charge is 0.326 e. The Morgan fingerprint density at radius 3 is 2.80 bits per heavy atom. The lowest BCUT2D eigenvalue weighted by Crippen LogP contribution is -2.11. The maximum atomic E-state index is 11.8. The number of hydrogen-bond acceptors (Lipinski definition) is 5. The third-order valence-corrected chi connectivity index (χ3v) is 6.64. The summed E-state index contributed by atoms with van der Waals surface area (Å²) < 4.78 is 8.87. The molecule has 1 amide bonds. The number of rotatable bonds is 7. The van der Waals surface area contributed by atoms with Gasteiger partial charge in [0.2, 0.25) is 5.91 Å². The normalized spacial score (nSPS) is 18.1. The van der Waals surface area contributed by atoms with E-state index >= 15 is 0 Å². The Balaban J connectivity index is 1.61. The molecule has 1 heterocycles. The van der Waals surface area contributed by atoms with Gasteiger partial charge < -0.3 is 9.87 Å². The lowest BCUT2D eigenvalue weighted by atomic mass is 10.1. The second-order valence-corrected chi connectivity index (χ2v) is 8.18. The van der Waals surface area contributed by atoms with Crippen molar-refractivity contribution in [1.82, 2.24) is 0 Å². The fourth-order valence-electron chi connectivity index (χ4n) is 2.04. The van der Waals surface area contributed by atoms with E-state index in [4.69, 9.17) is 4.55 Å². The molecule has 0 saturated carbocycles. The minimum Gasteiger partial charge on any atom is -0.326 e. The molecule has 20 heavy (non-hydrogen) atoms. The van der Waals surface area contributed by atoms with E-state index in [1.807, 2.05) is 33.7 Å². The predicted molar refractivity (Wildman–Crippen MR) is 90.5 cm³/mol. The van der Waals surface area contributed by atoms with Crippen molar-refractivity contribution in [2.24, 2.45) is 0 Å². The first-order chi connectivity index (χ1) is 9.78. The molecule has 0 aromatic heterocycles. The van der Waals surface area contributed by atoms with Crippen LogP contribution in [0.2, 0.25) is 0 Å². The fraction of sp³-hybridized carbons (Fsp3) is 0.500. The number of benzene rings is 1. The van der Waals surface area contributed by atoms with Gasteiger partial charge in [0.1, 0.15) is 0 Å². The van der Waals surface area contributed by atoms with E-state index in [2.05, 4.69) is 5.32 Å². The number of hydrogen-bond donors (Lipinski definition) is 2. The second kappa shape index (κ2) is 8.87. The highest BCUT2D eigenvalue weighted by molar-refractivity contribution is 8.77. The SMILES string of the molecule is O=C(CCCC[C@@H]1CCSS1)Nc1ccc(SO)cc1. The van der Waals surface area contributed by atoms with Crippen LogP contribution in [-0.2, 0) is 4.79 Å². The fourth-order valence-corrected chi connectivity index (χ4v) is 5.33. The number of unbranched alkanes of at least 4 members (excludes halogenated alkanes) is 1. The van der Waals surface area contributed by atoms with Crippen molar-refractivity contribution in [2.45, 2.75) is 42.2 Å². The van der Waals surface area contributed by atoms with Crippen LogP contribution in [0.4, 0.5) is 5.69 Å². The summed E-state index contributed by atoms with van der Waals surface area (Å²) in [6.45, 7) is 0. The molecule has 1 aliphatic rings. The van der Waals surface area contributed by atoms with Gasteiger partial charge in [0, 0.05) is 40.0 Å². The van der Waals surface area contributed by atoms with Gasteiger partial charge in [0.25, 0.3) is 0 Å². The van der Waals surface area contributed by atoms with Crippen molar-refractivity contribution < 1.29 is 9.35 Å². The summed E-state index contributed by atoms with van der Waals surface area (Å²) >= 11 is 0.709. The Kier molecular flexibility index (Phi) is 7.13. The zero-order valence-electron chi connectivity index (χ0n) is 11.2. The van der Waals surface area contributed by atoms with Gasteiger partial charge in [-0.1, -0.05) is 28.0 Å². The summed E-state index contributed by atoms with van der Waals surface area (Å²) in [7, 11) is 3.97. The summed E-state index contributed by atoms with van der Waals surface area (Å²) in [5.74, 6) is 1.35. The van der Waals surface area contributed by atoms with Gasteiger partial charge in [-0.25, -0.2) is 0 Å². The molecule has 6 heteroatoms. The molecule has 2 rings (SSSR count). The minimum absolute atomic E-state index is 0.0721. The Bertz CT molecular complexity index is 419. The van der Waals surface area contributed by atoms with Gasteiger partial charge in [-0.15, -0.1) is 0 Å². The molecular weight excluding hydrogens is 310 g/mol. The van der Waals surface area contributed by atoms with Crippen molar-refractivity contribution in [3.63, 3.8) is 0 Å². The zero-order chi connectivity index (χ0) is 14.2. The van der Waals surface area contributed by atoms with E-state index in [0.717, 1.165) is 28.7 Å². The molecule has 1 atom stereocenters. The molecule has 1 fully saturated rings. The van der Waals surface area contributed by atoms with Crippen LogP contribution in [0.25, 0.3) is 0 Å². The maximum Gasteiger partial charge on any atom is 0.224 e. The molecule has 110 valence electrons. The third-order valence-electron chi connectivity index (χ3n) is 3.15. The Labute approximate surface area is 132 Å². The Hall–Kier alpha value is -0.300. The summed E-state index contributed by atoms with van der Waals surface area (Å²) in [4.78, 5) is 12.6. The highest BCUT2D eigenvalue weighted by atomic mass is 33.1. The topological polar surface area (TPSA) is 49.3 Å². The van der Waals surface area contributed by atoms with Crippen LogP contribution >= 0.6 is 33.6 Å². The van der Waals surface area contributed by atoms with E-state index in [1.54, 1.807) is 12.1 Å². The van der Waals surface area contributed by atoms with E-state index in [9.17, 15) is 4.79 Å². The van der Waals surface area contributed by atoms with Crippen molar-refractivity contribution >= 4 is 45.2 Å². The lowest BCUT2D eigenvalue weighted by molar-refractivity contribution is -0.116. The maximum absolute atomic E-state index is 11.8. The standard InChI is InChI=1S/C14H19NO2S3/c16-14(4-2-1-3-13-9-10-18-20-13)15-11-5-7-12(19-17)8-6-11/h5-8,13,17H,1-4,9-10H2,(H,15,16)/t13-/m1/s1. The number of nitrogens with one attached hydrogen (secondary N) is 1. The first-order valence-corrected chi connectivity index (χ1v) is 9.93. The number of carbonyl (C=O) groups excluding carboxylic acids is 1. The lowest BCUT2D eigenvalue weighted by Gasteiger charge is -2.08. The van der Waals surface area contributed by atoms with E-state index in [1.165, 1.54) is 18.6 Å². The first kappa shape index (κ1) is 16.1. The van der Waals surface area contributed by atoms with Crippen LogP contribution in [0.5, 0.6) is 0 Å². The highest BCUT2D eigenvalue weighted by Crippen LogP contribution is 2.39. The molecule has 3 nitrogen and oxygen atoms in total. The average molecular weight is 330 g/mol. The van der Waals surface area contributed by atoms with E-state index in [0.29, 0.717) is 18.5 Å². The smallest absolute Gasteiger partial charge is 0.224 e. The zero-order valence-corrected chi connectivity index (χ0v) is 13.7. The molecule has 0 spiro atoms. The van der Waals surface area contributed by atoms with Gasteiger partial charge in [0.05, 0.1) is 0 Å². The summed E-state index contributed by atoms with van der Waals surface area (Å²) in [6, 6.07) is 7.19. The molecule has 0 radical (unpaired) electrons. The van der Waals surface area contributed by atoms with Crippen LogP contribution in [0, 0.1) is 0 Å². The van der Waals surface area contributed by atoms with Gasteiger partial charge in [-0.3, -0.25) is 4.79 Å². The molecule has 0 unspecified atom stereocenters. The van der Waals surface area contributed by atoms with Gasteiger partial charge in [0.15, 0.2) is 0 Å². The molecule has 1 aromatic carbocycles. The average Bonchev–Trinajstić information content (AvgIpc) is 2.98. The monoisotopic (exact) mass is 329 g/mol. The van der Waals surface area contributed by atoms with Gasteiger partial charge in [-0.05, 0) is 43.5 Å². The Morgan fingerprint density at radius 2 is 2.15 bits per heavy atom. The third kappa shape index (κ3) is 5.60. The van der Waals surface area contributed by atoms with Crippen LogP contribution in [0.3, 0.4) is 0 Å². The second-order valence-electron chi connectivity index (χ2n) is 4.74. The van der Waals surface area contributed by atoms with E-state index in [-0.39, 0.29) is 5.91 Å². The number of amides is 1. The molecule has 0 aliphatic carbocycles. The first-order valence-electron chi connectivity index (χ1n) is 6.77. The van der Waals surface area contributed by atoms with Crippen LogP contribution in [-0.4, -0.2) is 21.5 Å². The Morgan fingerprint density at radius 1 is 1.35 bits per heavy atom. The number of anilines is 1. The van der Waals surface area contributed by atoms with Crippen LogP contribution in [0.15, 0.2) is 29.2 Å². The molecular formula is C14H19NO2S3. The molecule has 1 saturated heterocycles. The quantitative estimate of drug-likeness (QED) is 0.423. The molecule has 1 aliphatic heterocycles. The summed E-state index contributed by atoms with van der Waals surface area (Å²) in [5, 5.41) is 3.68. The number of carbonyl (C=O) groups is 1. The minimum atomic E-state index is 0.0721. The highest BCUT2D eigenvalue weighted by Gasteiger charge is 2.15. The summed E-state index contributed by atoms with van der Waals surface area (Å²) in [6.07, 6.45) is 5.22. The van der Waals surface area contributed by atoms with Crippen LogP contribution < -0.4 is 5.32 Å². The van der Waals surface area contributed by atoms with Gasteiger partial charge >= 0.3 is 0 Å².